The first kappa shape index (κ1) is 19.1. The number of ether oxygens (including phenoxy) is 2. The van der Waals surface area contributed by atoms with E-state index in [1.807, 2.05) is 26.0 Å². The Hall–Kier alpha value is -2.24. The van der Waals surface area contributed by atoms with E-state index >= 15 is 0 Å². The molecule has 2 amide bonds. The molecule has 1 aromatic carbocycles. The predicted octanol–water partition coefficient (Wildman–Crippen LogP) is 2.81. The van der Waals surface area contributed by atoms with Crippen LogP contribution in [0.25, 0.3) is 0 Å². The highest BCUT2D eigenvalue weighted by Gasteiger charge is 2.24. The average Bonchev–Trinajstić information content (AvgIpc) is 2.57. The summed E-state index contributed by atoms with van der Waals surface area (Å²) >= 11 is 0. The number of rotatable bonds is 6. The lowest BCUT2D eigenvalue weighted by atomic mass is 10.1. The number of likely N-dealkylation sites (tertiary alicyclic amines) is 1. The molecule has 1 N–H and O–H groups in total. The van der Waals surface area contributed by atoms with Gasteiger partial charge in [0.25, 0.3) is 0 Å². The molecule has 6 heteroatoms. The highest BCUT2D eigenvalue weighted by Crippen LogP contribution is 2.18. The zero-order valence-electron chi connectivity index (χ0n) is 15.3. The van der Waals surface area contributed by atoms with Gasteiger partial charge >= 0.3 is 6.09 Å². The maximum Gasteiger partial charge on any atom is 0.409 e. The van der Waals surface area contributed by atoms with Crippen molar-refractivity contribution in [3.05, 3.63) is 29.3 Å². The summed E-state index contributed by atoms with van der Waals surface area (Å²) in [5.41, 5.74) is 2.27. The SMILES string of the molecule is CCOC(=O)N1CCC(NC(=O)CCOc2ccc(C)cc2C)CC1. The van der Waals surface area contributed by atoms with E-state index in [0.717, 1.165) is 24.2 Å². The van der Waals surface area contributed by atoms with Crippen LogP contribution in [0, 0.1) is 13.8 Å². The summed E-state index contributed by atoms with van der Waals surface area (Å²) < 4.78 is 10.7. The highest BCUT2D eigenvalue weighted by atomic mass is 16.6. The van der Waals surface area contributed by atoms with E-state index in [4.69, 9.17) is 9.47 Å². The fourth-order valence-corrected chi connectivity index (χ4v) is 2.94. The molecule has 0 aliphatic carbocycles. The zero-order chi connectivity index (χ0) is 18.2. The van der Waals surface area contributed by atoms with Crippen molar-refractivity contribution >= 4 is 12.0 Å². The van der Waals surface area contributed by atoms with Crippen molar-refractivity contribution in [1.82, 2.24) is 10.2 Å². The normalized spacial score (nSPS) is 14.9. The number of piperidine rings is 1. The molecular formula is C19H28N2O4. The van der Waals surface area contributed by atoms with Gasteiger partial charge < -0.3 is 19.7 Å². The molecule has 0 bridgehead atoms. The summed E-state index contributed by atoms with van der Waals surface area (Å²) in [5, 5.41) is 3.02. The molecule has 2 rings (SSSR count). The Labute approximate surface area is 149 Å². The third-order valence-corrected chi connectivity index (χ3v) is 4.30. The largest absolute Gasteiger partial charge is 0.493 e. The van der Waals surface area contributed by atoms with Crippen LogP contribution in [-0.4, -0.2) is 49.2 Å². The number of amides is 2. The molecule has 0 aromatic heterocycles. The summed E-state index contributed by atoms with van der Waals surface area (Å²) in [4.78, 5) is 25.4. The topological polar surface area (TPSA) is 67.9 Å². The van der Waals surface area contributed by atoms with Crippen LogP contribution < -0.4 is 10.1 Å². The fourth-order valence-electron chi connectivity index (χ4n) is 2.94. The first-order chi connectivity index (χ1) is 12.0. The molecule has 25 heavy (non-hydrogen) atoms. The highest BCUT2D eigenvalue weighted by molar-refractivity contribution is 5.76. The molecular weight excluding hydrogens is 320 g/mol. The third kappa shape index (κ3) is 5.96. The summed E-state index contributed by atoms with van der Waals surface area (Å²) in [5.74, 6) is 0.806. The molecule has 0 saturated carbocycles. The lowest BCUT2D eigenvalue weighted by Crippen LogP contribution is -2.46. The number of aryl methyl sites for hydroxylation is 2. The lowest BCUT2D eigenvalue weighted by Gasteiger charge is -2.31. The molecule has 0 radical (unpaired) electrons. The summed E-state index contributed by atoms with van der Waals surface area (Å²) in [6, 6.07) is 6.11. The minimum Gasteiger partial charge on any atom is -0.493 e. The van der Waals surface area contributed by atoms with Gasteiger partial charge in [0, 0.05) is 19.1 Å². The quantitative estimate of drug-likeness (QED) is 0.858. The van der Waals surface area contributed by atoms with Crippen LogP contribution in [0.4, 0.5) is 4.79 Å². The smallest absolute Gasteiger partial charge is 0.409 e. The van der Waals surface area contributed by atoms with Crippen molar-refractivity contribution < 1.29 is 19.1 Å². The Balaban J connectivity index is 1.67. The van der Waals surface area contributed by atoms with Crippen molar-refractivity contribution in [2.45, 2.75) is 46.1 Å². The summed E-state index contributed by atoms with van der Waals surface area (Å²) in [6.07, 6.45) is 1.56. The molecule has 1 aliphatic rings. The molecule has 138 valence electrons. The van der Waals surface area contributed by atoms with Gasteiger partial charge in [-0.1, -0.05) is 17.7 Å². The van der Waals surface area contributed by atoms with Crippen LogP contribution in [0.3, 0.4) is 0 Å². The van der Waals surface area contributed by atoms with E-state index in [0.29, 0.717) is 32.7 Å². The van der Waals surface area contributed by atoms with E-state index in [1.54, 1.807) is 11.8 Å². The fraction of sp³-hybridized carbons (Fsp3) is 0.579. The van der Waals surface area contributed by atoms with Gasteiger partial charge in [-0.3, -0.25) is 4.79 Å². The molecule has 1 aromatic rings. The van der Waals surface area contributed by atoms with Gasteiger partial charge in [-0.15, -0.1) is 0 Å². The number of carbonyl (C=O) groups is 2. The summed E-state index contributed by atoms with van der Waals surface area (Å²) in [6.45, 7) is 7.81. The van der Waals surface area contributed by atoms with Crippen molar-refractivity contribution in [3.63, 3.8) is 0 Å². The molecule has 6 nitrogen and oxygen atoms in total. The zero-order valence-corrected chi connectivity index (χ0v) is 15.3. The van der Waals surface area contributed by atoms with Crippen LogP contribution in [-0.2, 0) is 9.53 Å². The molecule has 1 saturated heterocycles. The van der Waals surface area contributed by atoms with Crippen LogP contribution in [0.2, 0.25) is 0 Å². The first-order valence-electron chi connectivity index (χ1n) is 8.90. The van der Waals surface area contributed by atoms with Crippen molar-refractivity contribution in [1.29, 1.82) is 0 Å². The Bertz CT molecular complexity index is 595. The van der Waals surface area contributed by atoms with Crippen LogP contribution in [0.5, 0.6) is 5.75 Å². The van der Waals surface area contributed by atoms with E-state index in [2.05, 4.69) is 11.4 Å². The predicted molar refractivity (Wildman–Crippen MR) is 95.8 cm³/mol. The molecule has 0 unspecified atom stereocenters. The van der Waals surface area contributed by atoms with Gasteiger partial charge in [-0.05, 0) is 45.2 Å². The number of benzene rings is 1. The van der Waals surface area contributed by atoms with Gasteiger partial charge in [0.15, 0.2) is 0 Å². The van der Waals surface area contributed by atoms with Crippen molar-refractivity contribution in [2.75, 3.05) is 26.3 Å². The van der Waals surface area contributed by atoms with E-state index in [9.17, 15) is 9.59 Å². The van der Waals surface area contributed by atoms with Crippen molar-refractivity contribution in [3.8, 4) is 5.75 Å². The number of hydrogen-bond donors (Lipinski definition) is 1. The second kappa shape index (κ2) is 9.30. The minimum absolute atomic E-state index is 0.0145. The Morgan fingerprint density at radius 2 is 1.96 bits per heavy atom. The number of nitrogens with one attached hydrogen (secondary N) is 1. The summed E-state index contributed by atoms with van der Waals surface area (Å²) in [7, 11) is 0. The first-order valence-corrected chi connectivity index (χ1v) is 8.90. The van der Waals surface area contributed by atoms with Crippen molar-refractivity contribution in [2.24, 2.45) is 0 Å². The van der Waals surface area contributed by atoms with Gasteiger partial charge in [0.05, 0.1) is 19.6 Å². The Morgan fingerprint density at radius 3 is 2.60 bits per heavy atom. The maximum absolute atomic E-state index is 12.1. The number of hydrogen-bond acceptors (Lipinski definition) is 4. The van der Waals surface area contributed by atoms with Gasteiger partial charge in [0.2, 0.25) is 5.91 Å². The van der Waals surface area contributed by atoms with E-state index < -0.39 is 0 Å². The molecule has 1 fully saturated rings. The monoisotopic (exact) mass is 348 g/mol. The van der Waals surface area contributed by atoms with Crippen LogP contribution in [0.1, 0.15) is 37.3 Å². The Morgan fingerprint density at radius 1 is 1.24 bits per heavy atom. The third-order valence-electron chi connectivity index (χ3n) is 4.30. The molecule has 1 heterocycles. The van der Waals surface area contributed by atoms with Gasteiger partial charge in [-0.2, -0.15) is 0 Å². The molecule has 0 atom stereocenters. The maximum atomic E-state index is 12.1. The van der Waals surface area contributed by atoms with E-state index in [-0.39, 0.29) is 18.0 Å². The average molecular weight is 348 g/mol. The molecule has 1 aliphatic heterocycles. The van der Waals surface area contributed by atoms with E-state index in [1.165, 1.54) is 5.56 Å². The number of carbonyl (C=O) groups excluding carboxylic acids is 2. The standard InChI is InChI=1S/C19H28N2O4/c1-4-24-19(23)21-10-7-16(8-11-21)20-18(22)9-12-25-17-6-5-14(2)13-15(17)3/h5-6,13,16H,4,7-12H2,1-3H3,(H,20,22). The lowest BCUT2D eigenvalue weighted by molar-refractivity contribution is -0.122. The van der Waals surface area contributed by atoms with Gasteiger partial charge in [-0.25, -0.2) is 4.79 Å². The van der Waals surface area contributed by atoms with Crippen LogP contribution in [0.15, 0.2) is 18.2 Å². The van der Waals surface area contributed by atoms with Crippen LogP contribution >= 0.6 is 0 Å². The minimum atomic E-state index is -0.269. The number of nitrogens with zero attached hydrogens (tertiary/aromatic N) is 1. The van der Waals surface area contributed by atoms with Gasteiger partial charge in [0.1, 0.15) is 5.75 Å². The second-order valence-corrected chi connectivity index (χ2v) is 6.40. The Kier molecular flexibility index (Phi) is 7.10. The molecule has 0 spiro atoms. The second-order valence-electron chi connectivity index (χ2n) is 6.40.